The Labute approximate surface area is 177 Å². The number of imide groups is 1. The summed E-state index contributed by atoms with van der Waals surface area (Å²) in [6.07, 6.45) is 11.6. The molecule has 2 heterocycles. The fraction of sp³-hybridized carbons (Fsp3) is 0.727. The van der Waals surface area contributed by atoms with Gasteiger partial charge >= 0.3 is 6.03 Å². The van der Waals surface area contributed by atoms with Gasteiger partial charge in [-0.25, -0.2) is 4.79 Å². The van der Waals surface area contributed by atoms with Crippen molar-refractivity contribution < 1.29 is 14.4 Å². The van der Waals surface area contributed by atoms with Gasteiger partial charge in [-0.05, 0) is 43.9 Å². The van der Waals surface area contributed by atoms with Crippen LogP contribution in [0.3, 0.4) is 0 Å². The second-order valence-electron chi connectivity index (χ2n) is 9.29. The van der Waals surface area contributed by atoms with Gasteiger partial charge in [-0.1, -0.05) is 45.4 Å². The predicted molar refractivity (Wildman–Crippen MR) is 113 cm³/mol. The first-order chi connectivity index (χ1) is 14.5. The van der Waals surface area contributed by atoms with Crippen LogP contribution in [0.2, 0.25) is 0 Å². The highest BCUT2D eigenvalue weighted by Gasteiger charge is 2.52. The van der Waals surface area contributed by atoms with Crippen LogP contribution in [0.5, 0.6) is 0 Å². The Morgan fingerprint density at radius 1 is 1.17 bits per heavy atom. The molecule has 8 nitrogen and oxygen atoms in total. The largest absolute Gasteiger partial charge is 0.325 e. The summed E-state index contributed by atoms with van der Waals surface area (Å²) in [4.78, 5) is 38.9. The molecule has 4 amide bonds. The summed E-state index contributed by atoms with van der Waals surface area (Å²) in [5.74, 6) is 1.05. The Balaban J connectivity index is 1.31. The molecular formula is C22H33N5O3. The Hall–Kier alpha value is -2.38. The minimum Gasteiger partial charge on any atom is -0.323 e. The van der Waals surface area contributed by atoms with E-state index in [4.69, 9.17) is 0 Å². The number of carbonyl (C=O) groups is 3. The van der Waals surface area contributed by atoms with Crippen molar-refractivity contribution >= 4 is 23.7 Å². The van der Waals surface area contributed by atoms with E-state index in [-0.39, 0.29) is 12.5 Å². The van der Waals surface area contributed by atoms with Crippen LogP contribution in [0.25, 0.3) is 0 Å². The van der Waals surface area contributed by atoms with E-state index in [9.17, 15) is 14.4 Å². The SMILES string of the molecule is CCC1CCC2(CC1)NC(=O)N(CC(=O)Nc1cc(CC3CCCCC3)[nH]n1)C2=O. The quantitative estimate of drug-likeness (QED) is 0.619. The van der Waals surface area contributed by atoms with Gasteiger partial charge < -0.3 is 10.6 Å². The average Bonchev–Trinajstić information content (AvgIpc) is 3.27. The van der Waals surface area contributed by atoms with Gasteiger partial charge in [0.15, 0.2) is 5.82 Å². The zero-order valence-corrected chi connectivity index (χ0v) is 17.8. The van der Waals surface area contributed by atoms with E-state index >= 15 is 0 Å². The number of rotatable bonds is 6. The number of H-pyrrole nitrogens is 1. The van der Waals surface area contributed by atoms with Crippen LogP contribution in [-0.4, -0.2) is 45.0 Å². The van der Waals surface area contributed by atoms with Crippen LogP contribution < -0.4 is 10.6 Å². The molecule has 1 aromatic heterocycles. The predicted octanol–water partition coefficient (Wildman–Crippen LogP) is 3.36. The molecule has 164 valence electrons. The zero-order valence-electron chi connectivity index (χ0n) is 17.8. The van der Waals surface area contributed by atoms with Gasteiger partial charge in [0.25, 0.3) is 5.91 Å². The van der Waals surface area contributed by atoms with Gasteiger partial charge in [0.2, 0.25) is 5.91 Å². The summed E-state index contributed by atoms with van der Waals surface area (Å²) in [6.45, 7) is 1.87. The number of carbonyl (C=O) groups excluding carboxylic acids is 3. The average molecular weight is 416 g/mol. The summed E-state index contributed by atoms with van der Waals surface area (Å²) in [6, 6.07) is 1.39. The summed E-state index contributed by atoms with van der Waals surface area (Å²) < 4.78 is 0. The van der Waals surface area contributed by atoms with E-state index < -0.39 is 17.5 Å². The van der Waals surface area contributed by atoms with Crippen LogP contribution in [0, 0.1) is 11.8 Å². The van der Waals surface area contributed by atoms with Gasteiger partial charge in [0.05, 0.1) is 0 Å². The van der Waals surface area contributed by atoms with E-state index in [1.807, 2.05) is 6.07 Å². The number of anilines is 1. The minimum atomic E-state index is -0.817. The van der Waals surface area contributed by atoms with E-state index in [1.54, 1.807) is 0 Å². The maximum atomic E-state index is 12.9. The van der Waals surface area contributed by atoms with E-state index in [0.29, 0.717) is 30.5 Å². The lowest BCUT2D eigenvalue weighted by Gasteiger charge is -2.34. The zero-order chi connectivity index (χ0) is 21.1. The van der Waals surface area contributed by atoms with E-state index in [2.05, 4.69) is 27.8 Å². The molecule has 0 bridgehead atoms. The second kappa shape index (κ2) is 8.78. The third-order valence-electron chi connectivity index (χ3n) is 7.22. The number of aromatic nitrogens is 2. The topological polar surface area (TPSA) is 107 Å². The van der Waals surface area contributed by atoms with Crippen LogP contribution in [0.4, 0.5) is 10.6 Å². The van der Waals surface area contributed by atoms with Crippen LogP contribution in [-0.2, 0) is 16.0 Å². The highest BCUT2D eigenvalue weighted by Crippen LogP contribution is 2.37. The normalized spacial score (nSPS) is 27.5. The maximum absolute atomic E-state index is 12.9. The first kappa shape index (κ1) is 20.9. The molecule has 0 atom stereocenters. The second-order valence-corrected chi connectivity index (χ2v) is 9.29. The van der Waals surface area contributed by atoms with Crippen molar-refractivity contribution in [2.24, 2.45) is 11.8 Å². The van der Waals surface area contributed by atoms with E-state index in [0.717, 1.165) is 36.3 Å². The molecule has 1 aliphatic heterocycles. The molecule has 0 radical (unpaired) electrons. The number of aromatic amines is 1. The Morgan fingerprint density at radius 2 is 1.90 bits per heavy atom. The van der Waals surface area contributed by atoms with Crippen molar-refractivity contribution in [1.29, 1.82) is 0 Å². The smallest absolute Gasteiger partial charge is 0.323 e. The molecule has 1 saturated heterocycles. The Morgan fingerprint density at radius 3 is 2.60 bits per heavy atom. The molecule has 2 saturated carbocycles. The summed E-state index contributed by atoms with van der Waals surface area (Å²) in [5, 5.41) is 12.8. The van der Waals surface area contributed by atoms with Crippen molar-refractivity contribution in [3.8, 4) is 0 Å². The minimum absolute atomic E-state index is 0.266. The van der Waals surface area contributed by atoms with Gasteiger partial charge in [-0.3, -0.25) is 19.6 Å². The van der Waals surface area contributed by atoms with Crippen molar-refractivity contribution in [1.82, 2.24) is 20.4 Å². The molecule has 1 aromatic rings. The third kappa shape index (κ3) is 4.37. The summed E-state index contributed by atoms with van der Waals surface area (Å²) in [7, 11) is 0. The Bertz CT molecular complexity index is 790. The number of urea groups is 1. The van der Waals surface area contributed by atoms with Gasteiger partial charge in [-0.2, -0.15) is 5.10 Å². The molecule has 1 spiro atoms. The van der Waals surface area contributed by atoms with Crippen LogP contribution in [0.1, 0.15) is 76.8 Å². The van der Waals surface area contributed by atoms with Gasteiger partial charge in [0.1, 0.15) is 12.1 Å². The molecule has 3 aliphatic rings. The van der Waals surface area contributed by atoms with Crippen molar-refractivity contribution in [3.05, 3.63) is 11.8 Å². The number of nitrogens with zero attached hydrogens (tertiary/aromatic N) is 2. The number of hydrogen-bond donors (Lipinski definition) is 3. The van der Waals surface area contributed by atoms with Crippen LogP contribution >= 0.6 is 0 Å². The number of nitrogens with one attached hydrogen (secondary N) is 3. The number of amides is 4. The molecule has 0 aromatic carbocycles. The molecule has 8 heteroatoms. The summed E-state index contributed by atoms with van der Waals surface area (Å²) in [5.41, 5.74) is 0.196. The first-order valence-electron chi connectivity index (χ1n) is 11.5. The van der Waals surface area contributed by atoms with Gasteiger partial charge in [0, 0.05) is 11.8 Å². The fourth-order valence-corrected chi connectivity index (χ4v) is 5.30. The lowest BCUT2D eigenvalue weighted by Crippen LogP contribution is -2.49. The molecule has 0 unspecified atom stereocenters. The number of hydrogen-bond acceptors (Lipinski definition) is 4. The highest BCUT2D eigenvalue weighted by atomic mass is 16.2. The maximum Gasteiger partial charge on any atom is 0.325 e. The fourth-order valence-electron chi connectivity index (χ4n) is 5.30. The summed E-state index contributed by atoms with van der Waals surface area (Å²) >= 11 is 0. The van der Waals surface area contributed by atoms with Crippen LogP contribution in [0.15, 0.2) is 6.07 Å². The monoisotopic (exact) mass is 415 g/mol. The molecular weight excluding hydrogens is 382 g/mol. The third-order valence-corrected chi connectivity index (χ3v) is 7.22. The Kier molecular flexibility index (Phi) is 6.11. The van der Waals surface area contributed by atoms with E-state index in [1.165, 1.54) is 32.1 Å². The molecule has 4 rings (SSSR count). The molecule has 3 fully saturated rings. The molecule has 3 N–H and O–H groups in total. The lowest BCUT2D eigenvalue weighted by atomic mass is 9.75. The van der Waals surface area contributed by atoms with Gasteiger partial charge in [-0.15, -0.1) is 0 Å². The van der Waals surface area contributed by atoms with Crippen molar-refractivity contribution in [2.45, 2.75) is 83.1 Å². The molecule has 2 aliphatic carbocycles. The lowest BCUT2D eigenvalue weighted by molar-refractivity contribution is -0.135. The highest BCUT2D eigenvalue weighted by molar-refractivity contribution is 6.10. The molecule has 30 heavy (non-hydrogen) atoms. The standard InChI is InChI=1S/C22H33N5O3/c1-2-15-8-10-22(11-9-15)20(29)27(21(30)24-22)14-19(28)23-18-13-17(25-26-18)12-16-6-4-3-5-7-16/h13,15-16H,2-12,14H2,1H3,(H,24,30)(H2,23,25,26,28). The van der Waals surface area contributed by atoms with Crippen molar-refractivity contribution in [2.75, 3.05) is 11.9 Å². The van der Waals surface area contributed by atoms with Crippen molar-refractivity contribution in [3.63, 3.8) is 0 Å². The first-order valence-corrected chi connectivity index (χ1v) is 11.5.